The van der Waals surface area contributed by atoms with Gasteiger partial charge in [0.05, 0.1) is 36.4 Å². The van der Waals surface area contributed by atoms with Crippen molar-refractivity contribution in [3.05, 3.63) is 59.7 Å². The van der Waals surface area contributed by atoms with Gasteiger partial charge in [-0.25, -0.2) is 14.6 Å². The van der Waals surface area contributed by atoms with Gasteiger partial charge in [0, 0.05) is 12.7 Å². The van der Waals surface area contributed by atoms with Gasteiger partial charge in [0.2, 0.25) is 0 Å². The number of aliphatic imine (C=N–C) groups is 1. The Morgan fingerprint density at radius 1 is 0.885 bits per heavy atom. The van der Waals surface area contributed by atoms with Gasteiger partial charge >= 0.3 is 11.9 Å². The van der Waals surface area contributed by atoms with Crippen molar-refractivity contribution >= 4 is 29.7 Å². The molecule has 0 aromatic heterocycles. The van der Waals surface area contributed by atoms with Crippen LogP contribution in [0, 0.1) is 0 Å². The van der Waals surface area contributed by atoms with Crippen molar-refractivity contribution in [3.63, 3.8) is 0 Å². The first-order valence-electron chi connectivity index (χ1n) is 8.36. The van der Waals surface area contributed by atoms with E-state index < -0.39 is 0 Å². The van der Waals surface area contributed by atoms with Crippen LogP contribution in [-0.4, -0.2) is 38.5 Å². The molecule has 2 aromatic carbocycles. The maximum atomic E-state index is 11.7. The molecule has 2 rings (SSSR count). The average Bonchev–Trinajstić information content (AvgIpc) is 2.67. The van der Waals surface area contributed by atoms with E-state index in [0.717, 1.165) is 5.69 Å². The second-order valence-electron chi connectivity index (χ2n) is 5.39. The van der Waals surface area contributed by atoms with Crippen molar-refractivity contribution in [2.45, 2.75) is 13.8 Å². The normalized spacial score (nSPS) is 10.6. The highest BCUT2D eigenvalue weighted by molar-refractivity contribution is 5.91. The second-order valence-corrected chi connectivity index (χ2v) is 5.39. The zero-order valence-corrected chi connectivity index (χ0v) is 15.1. The molecule has 0 N–H and O–H groups in total. The van der Waals surface area contributed by atoms with Gasteiger partial charge in [-0.1, -0.05) is 0 Å². The van der Waals surface area contributed by atoms with Crippen molar-refractivity contribution in [1.82, 2.24) is 0 Å². The summed E-state index contributed by atoms with van der Waals surface area (Å²) in [4.78, 5) is 29.5. The number of hydrogen-bond donors (Lipinski definition) is 0. The Morgan fingerprint density at radius 2 is 1.35 bits per heavy atom. The van der Waals surface area contributed by atoms with Gasteiger partial charge in [0.25, 0.3) is 0 Å². The molecule has 0 aliphatic heterocycles. The van der Waals surface area contributed by atoms with E-state index in [1.807, 2.05) is 24.1 Å². The van der Waals surface area contributed by atoms with Crippen molar-refractivity contribution in [2.24, 2.45) is 4.99 Å². The zero-order valence-electron chi connectivity index (χ0n) is 15.1. The summed E-state index contributed by atoms with van der Waals surface area (Å²) in [6.45, 7) is 4.24. The third-order valence-electron chi connectivity index (χ3n) is 3.54. The van der Waals surface area contributed by atoms with Crippen LogP contribution in [0.2, 0.25) is 0 Å². The third kappa shape index (κ3) is 5.17. The lowest BCUT2D eigenvalue weighted by molar-refractivity contribution is 0.0517. The quantitative estimate of drug-likeness (QED) is 0.429. The van der Waals surface area contributed by atoms with Crippen molar-refractivity contribution in [2.75, 3.05) is 25.2 Å². The number of carbonyl (C=O) groups is 2. The first-order valence-corrected chi connectivity index (χ1v) is 8.36. The number of esters is 2. The van der Waals surface area contributed by atoms with Gasteiger partial charge in [0.15, 0.2) is 0 Å². The number of rotatable bonds is 7. The van der Waals surface area contributed by atoms with Crippen LogP contribution in [0.1, 0.15) is 34.6 Å². The highest BCUT2D eigenvalue weighted by atomic mass is 16.5. The van der Waals surface area contributed by atoms with Crippen LogP contribution in [0.5, 0.6) is 0 Å². The topological polar surface area (TPSA) is 68.2 Å². The summed E-state index contributed by atoms with van der Waals surface area (Å²) in [6.07, 6.45) is 1.67. The fourth-order valence-electron chi connectivity index (χ4n) is 2.17. The SMILES string of the molecule is CCOC(=O)c1ccc(/N=C/N(C)c2ccc(C(=O)OCC)cc2)cc1. The minimum atomic E-state index is -0.346. The van der Waals surface area contributed by atoms with Gasteiger partial charge in [-0.2, -0.15) is 0 Å². The number of ether oxygens (including phenoxy) is 2. The van der Waals surface area contributed by atoms with E-state index in [9.17, 15) is 9.59 Å². The Balaban J connectivity index is 2.01. The second kappa shape index (κ2) is 9.36. The number of carbonyl (C=O) groups excluding carboxylic acids is 2. The van der Waals surface area contributed by atoms with Crippen LogP contribution in [0.25, 0.3) is 0 Å². The molecular formula is C20H22N2O4. The van der Waals surface area contributed by atoms with Crippen LogP contribution >= 0.6 is 0 Å². The van der Waals surface area contributed by atoms with E-state index in [4.69, 9.17) is 9.47 Å². The molecule has 0 bridgehead atoms. The molecule has 6 heteroatoms. The molecule has 136 valence electrons. The summed E-state index contributed by atoms with van der Waals surface area (Å²) in [7, 11) is 1.86. The van der Waals surface area contributed by atoms with Gasteiger partial charge in [-0.3, -0.25) is 0 Å². The maximum Gasteiger partial charge on any atom is 0.338 e. The summed E-state index contributed by atoms with van der Waals surface area (Å²) in [6, 6.07) is 13.9. The minimum Gasteiger partial charge on any atom is -0.462 e. The molecule has 26 heavy (non-hydrogen) atoms. The Labute approximate surface area is 153 Å². The zero-order chi connectivity index (χ0) is 18.9. The van der Waals surface area contributed by atoms with Gasteiger partial charge < -0.3 is 14.4 Å². The van der Waals surface area contributed by atoms with Gasteiger partial charge in [0.1, 0.15) is 0 Å². The standard InChI is InChI=1S/C20H22N2O4/c1-4-25-19(23)15-6-10-17(11-7-15)21-14-22(3)18-12-8-16(9-13-18)20(24)26-5-2/h6-14H,4-5H2,1-3H3/b21-14+. The Bertz CT molecular complexity index is 767. The fourth-order valence-corrected chi connectivity index (χ4v) is 2.17. The molecule has 6 nitrogen and oxygen atoms in total. The van der Waals surface area contributed by atoms with Crippen molar-refractivity contribution < 1.29 is 19.1 Å². The van der Waals surface area contributed by atoms with Gasteiger partial charge in [-0.05, 0) is 62.4 Å². The largest absolute Gasteiger partial charge is 0.462 e. The van der Waals surface area contributed by atoms with E-state index in [1.165, 1.54) is 0 Å². The highest BCUT2D eigenvalue weighted by Gasteiger charge is 2.07. The third-order valence-corrected chi connectivity index (χ3v) is 3.54. The lowest BCUT2D eigenvalue weighted by atomic mass is 10.2. The lowest BCUT2D eigenvalue weighted by Gasteiger charge is -2.13. The minimum absolute atomic E-state index is 0.336. The predicted octanol–water partition coefficient (Wildman–Crippen LogP) is 3.84. The molecule has 2 aromatic rings. The molecule has 0 radical (unpaired) electrons. The molecule has 0 fully saturated rings. The van der Waals surface area contributed by atoms with Crippen LogP contribution in [0.15, 0.2) is 53.5 Å². The van der Waals surface area contributed by atoms with E-state index in [2.05, 4.69) is 4.99 Å². The highest BCUT2D eigenvalue weighted by Crippen LogP contribution is 2.16. The summed E-state index contributed by atoms with van der Waals surface area (Å²) in [5.41, 5.74) is 2.60. The van der Waals surface area contributed by atoms with E-state index in [-0.39, 0.29) is 11.9 Å². The molecule has 0 spiro atoms. The van der Waals surface area contributed by atoms with Crippen LogP contribution in [0.3, 0.4) is 0 Å². The number of hydrogen-bond acceptors (Lipinski definition) is 5. The molecule has 0 unspecified atom stereocenters. The average molecular weight is 354 g/mol. The first kappa shape index (κ1) is 19.2. The van der Waals surface area contributed by atoms with E-state index >= 15 is 0 Å². The Kier molecular flexibility index (Phi) is 6.91. The number of anilines is 1. The van der Waals surface area contributed by atoms with Crippen molar-refractivity contribution in [3.8, 4) is 0 Å². The monoisotopic (exact) mass is 354 g/mol. The molecule has 0 saturated heterocycles. The van der Waals surface area contributed by atoms with E-state index in [0.29, 0.717) is 30.0 Å². The smallest absolute Gasteiger partial charge is 0.338 e. The van der Waals surface area contributed by atoms with E-state index in [1.54, 1.807) is 56.6 Å². The van der Waals surface area contributed by atoms with Crippen molar-refractivity contribution in [1.29, 1.82) is 0 Å². The molecule has 0 amide bonds. The van der Waals surface area contributed by atoms with Crippen LogP contribution in [-0.2, 0) is 9.47 Å². The first-order chi connectivity index (χ1) is 12.5. The Morgan fingerprint density at radius 3 is 1.81 bits per heavy atom. The summed E-state index contributed by atoms with van der Waals surface area (Å²) in [5, 5.41) is 0. The molecule has 0 saturated carbocycles. The summed E-state index contributed by atoms with van der Waals surface area (Å²) >= 11 is 0. The number of nitrogens with zero attached hydrogens (tertiary/aromatic N) is 2. The molecule has 0 atom stereocenters. The summed E-state index contributed by atoms with van der Waals surface area (Å²) in [5.74, 6) is -0.682. The van der Waals surface area contributed by atoms with Gasteiger partial charge in [-0.15, -0.1) is 0 Å². The molecule has 0 heterocycles. The molecule has 0 aliphatic rings. The Hall–Kier alpha value is -3.15. The lowest BCUT2D eigenvalue weighted by Crippen LogP contribution is -2.14. The fraction of sp³-hybridized carbons (Fsp3) is 0.250. The van der Waals surface area contributed by atoms with Crippen LogP contribution in [0.4, 0.5) is 11.4 Å². The number of benzene rings is 2. The maximum absolute atomic E-state index is 11.7. The molecular weight excluding hydrogens is 332 g/mol. The summed E-state index contributed by atoms with van der Waals surface area (Å²) < 4.78 is 9.91. The molecule has 0 aliphatic carbocycles. The predicted molar refractivity (Wildman–Crippen MR) is 101 cm³/mol. The van der Waals surface area contributed by atoms with Crippen LogP contribution < -0.4 is 4.90 Å².